The van der Waals surface area contributed by atoms with E-state index in [1.807, 2.05) is 30.5 Å². The third-order valence-corrected chi connectivity index (χ3v) is 6.44. The van der Waals surface area contributed by atoms with Crippen molar-refractivity contribution in [2.75, 3.05) is 42.4 Å². The molecule has 8 heteroatoms. The van der Waals surface area contributed by atoms with Crippen molar-refractivity contribution < 1.29 is 18.7 Å². The third kappa shape index (κ3) is 7.75. The number of anilines is 2. The van der Waals surface area contributed by atoms with Crippen LogP contribution in [-0.2, 0) is 20.7 Å². The maximum absolute atomic E-state index is 13.3. The number of nitrogens with one attached hydrogen (secondary N) is 2. The number of ether oxygens (including phenoxy) is 1. The molecule has 1 atom stereocenters. The number of halogens is 1. The van der Waals surface area contributed by atoms with Crippen LogP contribution in [0, 0.1) is 5.82 Å². The Morgan fingerprint density at radius 1 is 1.18 bits per heavy atom. The van der Waals surface area contributed by atoms with Gasteiger partial charge in [0.2, 0.25) is 5.91 Å². The van der Waals surface area contributed by atoms with Crippen molar-refractivity contribution in [3.05, 3.63) is 59.9 Å². The van der Waals surface area contributed by atoms with Crippen molar-refractivity contribution in [1.82, 2.24) is 5.32 Å². The number of methoxy groups -OCH3 is 1. The zero-order valence-corrected chi connectivity index (χ0v) is 20.0. The lowest BCUT2D eigenvalue weighted by molar-refractivity contribution is -0.143. The van der Waals surface area contributed by atoms with Crippen LogP contribution in [0.15, 0.2) is 48.5 Å². The number of amides is 1. The van der Waals surface area contributed by atoms with Gasteiger partial charge in [-0.1, -0.05) is 12.1 Å². The quantitative estimate of drug-likeness (QED) is 0.511. The minimum Gasteiger partial charge on any atom is -0.468 e. The van der Waals surface area contributed by atoms with Crippen LogP contribution in [-0.4, -0.2) is 56.2 Å². The molecule has 2 aromatic carbocycles. The largest absolute Gasteiger partial charge is 0.468 e. The molecule has 0 saturated carbocycles. The Hall–Kier alpha value is -2.58. The van der Waals surface area contributed by atoms with Gasteiger partial charge in [-0.05, 0) is 73.2 Å². The predicted octanol–water partition coefficient (Wildman–Crippen LogP) is 3.86. The first-order valence-corrected chi connectivity index (χ1v) is 12.6. The molecule has 178 valence electrons. The predicted molar refractivity (Wildman–Crippen MR) is 132 cm³/mol. The van der Waals surface area contributed by atoms with E-state index < -0.39 is 0 Å². The molecule has 0 bridgehead atoms. The number of benzene rings is 2. The SMILES string of the molecule is COC(=O)C(CCSC)NC1CCN(c2ccc(NC(=O)Cc3cccc(F)c3)cc2)CC1. The molecule has 1 aliphatic heterocycles. The summed E-state index contributed by atoms with van der Waals surface area (Å²) in [5.41, 5.74) is 2.46. The van der Waals surface area contributed by atoms with Crippen molar-refractivity contribution >= 4 is 35.0 Å². The molecular formula is C25H32FN3O3S. The minimum absolute atomic E-state index is 0.129. The Balaban J connectivity index is 1.47. The van der Waals surface area contributed by atoms with Gasteiger partial charge >= 0.3 is 5.97 Å². The highest BCUT2D eigenvalue weighted by Gasteiger charge is 2.25. The van der Waals surface area contributed by atoms with E-state index in [9.17, 15) is 14.0 Å². The van der Waals surface area contributed by atoms with Crippen LogP contribution in [0.3, 0.4) is 0 Å². The number of esters is 1. The molecule has 2 N–H and O–H groups in total. The summed E-state index contributed by atoms with van der Waals surface area (Å²) >= 11 is 1.73. The summed E-state index contributed by atoms with van der Waals surface area (Å²) in [4.78, 5) is 26.6. The fourth-order valence-corrected chi connectivity index (χ4v) is 4.50. The number of hydrogen-bond acceptors (Lipinski definition) is 6. The smallest absolute Gasteiger partial charge is 0.322 e. The number of thioether (sulfide) groups is 1. The number of hydrogen-bond donors (Lipinski definition) is 2. The zero-order chi connectivity index (χ0) is 23.6. The van der Waals surface area contributed by atoms with E-state index in [-0.39, 0.29) is 36.2 Å². The Kier molecular flexibility index (Phi) is 9.57. The molecule has 1 aliphatic rings. The molecule has 0 spiro atoms. The number of piperidine rings is 1. The lowest BCUT2D eigenvalue weighted by Gasteiger charge is -2.35. The van der Waals surface area contributed by atoms with Gasteiger partial charge in [0.15, 0.2) is 0 Å². The molecule has 1 fully saturated rings. The fourth-order valence-electron chi connectivity index (χ4n) is 4.03. The van der Waals surface area contributed by atoms with Gasteiger partial charge in [0, 0.05) is 30.5 Å². The number of nitrogens with zero attached hydrogens (tertiary/aromatic N) is 1. The second kappa shape index (κ2) is 12.6. The van der Waals surface area contributed by atoms with Gasteiger partial charge in [-0.25, -0.2) is 4.39 Å². The van der Waals surface area contributed by atoms with E-state index in [1.165, 1.54) is 19.2 Å². The first-order valence-electron chi connectivity index (χ1n) is 11.2. The van der Waals surface area contributed by atoms with Crippen LogP contribution in [0.4, 0.5) is 15.8 Å². The summed E-state index contributed by atoms with van der Waals surface area (Å²) in [5.74, 6) is 0.198. The van der Waals surface area contributed by atoms with Crippen molar-refractivity contribution in [2.45, 2.75) is 37.8 Å². The number of carbonyl (C=O) groups excluding carboxylic acids is 2. The molecule has 0 aromatic heterocycles. The number of rotatable bonds is 10. The lowest BCUT2D eigenvalue weighted by atomic mass is 10.0. The van der Waals surface area contributed by atoms with Crippen molar-refractivity contribution in [1.29, 1.82) is 0 Å². The summed E-state index contributed by atoms with van der Waals surface area (Å²) < 4.78 is 18.2. The maximum atomic E-state index is 13.3. The molecule has 33 heavy (non-hydrogen) atoms. The highest BCUT2D eigenvalue weighted by Crippen LogP contribution is 2.23. The van der Waals surface area contributed by atoms with Gasteiger partial charge in [0.05, 0.1) is 13.5 Å². The van der Waals surface area contributed by atoms with Crippen molar-refractivity contribution in [3.63, 3.8) is 0 Å². The van der Waals surface area contributed by atoms with Crippen LogP contribution in [0.1, 0.15) is 24.8 Å². The van der Waals surface area contributed by atoms with Crippen LogP contribution in [0.25, 0.3) is 0 Å². The van der Waals surface area contributed by atoms with Crippen molar-refractivity contribution in [2.24, 2.45) is 0 Å². The van der Waals surface area contributed by atoms with Gasteiger partial charge in [-0.15, -0.1) is 0 Å². The highest BCUT2D eigenvalue weighted by atomic mass is 32.2. The molecule has 1 amide bonds. The Morgan fingerprint density at radius 3 is 2.55 bits per heavy atom. The topological polar surface area (TPSA) is 70.7 Å². The Bertz CT molecular complexity index is 917. The zero-order valence-electron chi connectivity index (χ0n) is 19.2. The molecule has 0 radical (unpaired) electrons. The number of carbonyl (C=O) groups is 2. The summed E-state index contributed by atoms with van der Waals surface area (Å²) in [7, 11) is 1.44. The minimum atomic E-state index is -0.343. The molecule has 6 nitrogen and oxygen atoms in total. The molecule has 2 aromatic rings. The Morgan fingerprint density at radius 2 is 1.91 bits per heavy atom. The van der Waals surface area contributed by atoms with Crippen molar-refractivity contribution in [3.8, 4) is 0 Å². The van der Waals surface area contributed by atoms with Gasteiger partial charge in [-0.3, -0.25) is 9.59 Å². The highest BCUT2D eigenvalue weighted by molar-refractivity contribution is 7.98. The average Bonchev–Trinajstić information content (AvgIpc) is 2.82. The first-order chi connectivity index (χ1) is 16.0. The van der Waals surface area contributed by atoms with E-state index in [2.05, 4.69) is 15.5 Å². The van der Waals surface area contributed by atoms with Crippen LogP contribution in [0.2, 0.25) is 0 Å². The molecule has 1 heterocycles. The van der Waals surface area contributed by atoms with Gasteiger partial charge in [0.1, 0.15) is 11.9 Å². The molecular weight excluding hydrogens is 441 g/mol. The van der Waals surface area contributed by atoms with E-state index >= 15 is 0 Å². The summed E-state index contributed by atoms with van der Waals surface area (Å²) in [6, 6.07) is 13.9. The van der Waals surface area contributed by atoms with Gasteiger partial charge in [0.25, 0.3) is 0 Å². The summed E-state index contributed by atoms with van der Waals surface area (Å²) in [6.07, 6.45) is 4.82. The summed E-state index contributed by atoms with van der Waals surface area (Å²) in [5, 5.41) is 6.35. The molecule has 3 rings (SSSR count). The van der Waals surface area contributed by atoms with E-state index in [0.29, 0.717) is 11.3 Å². The van der Waals surface area contributed by atoms with E-state index in [1.54, 1.807) is 23.9 Å². The van der Waals surface area contributed by atoms with E-state index in [4.69, 9.17) is 4.74 Å². The molecule has 1 unspecified atom stereocenters. The molecule has 0 aliphatic carbocycles. The van der Waals surface area contributed by atoms with E-state index in [0.717, 1.165) is 43.8 Å². The van der Waals surface area contributed by atoms with Crippen LogP contribution >= 0.6 is 11.8 Å². The third-order valence-electron chi connectivity index (χ3n) is 5.80. The molecule has 1 saturated heterocycles. The average molecular weight is 474 g/mol. The van der Waals surface area contributed by atoms with Crippen LogP contribution < -0.4 is 15.5 Å². The fraction of sp³-hybridized carbons (Fsp3) is 0.440. The van der Waals surface area contributed by atoms with Gasteiger partial charge in [-0.2, -0.15) is 11.8 Å². The van der Waals surface area contributed by atoms with Gasteiger partial charge < -0.3 is 20.3 Å². The second-order valence-corrected chi connectivity index (χ2v) is 9.17. The van der Waals surface area contributed by atoms with Crippen LogP contribution in [0.5, 0.6) is 0 Å². The monoisotopic (exact) mass is 473 g/mol. The maximum Gasteiger partial charge on any atom is 0.322 e. The Labute approximate surface area is 199 Å². The normalized spacial score (nSPS) is 15.2. The first kappa shape index (κ1) is 25.1. The standard InChI is InChI=1S/C25H32FN3O3S/c1-32-25(31)23(12-15-33-2)27-21-10-13-29(14-11-21)22-8-6-20(7-9-22)28-24(30)17-18-4-3-5-19(26)16-18/h3-9,16,21,23,27H,10-15,17H2,1-2H3,(H,28,30). The summed E-state index contributed by atoms with van der Waals surface area (Å²) in [6.45, 7) is 1.78. The second-order valence-electron chi connectivity index (χ2n) is 8.19. The lowest BCUT2D eigenvalue weighted by Crippen LogP contribution is -2.49.